The summed E-state index contributed by atoms with van der Waals surface area (Å²) >= 11 is 8.20. The number of alkyl halides is 1. The summed E-state index contributed by atoms with van der Waals surface area (Å²) in [5.74, 6) is 0. The average molecular weight is 288 g/mol. The first-order chi connectivity index (χ1) is 9.33. The molecule has 0 saturated heterocycles. The van der Waals surface area contributed by atoms with Gasteiger partial charge in [-0.15, -0.1) is 22.9 Å². The largest absolute Gasteiger partial charge is 0.241 e. The molecule has 2 aromatic carbocycles. The lowest BCUT2D eigenvalue weighted by molar-refractivity contribution is 0.790. The van der Waals surface area contributed by atoms with E-state index in [1.165, 1.54) is 15.3 Å². The van der Waals surface area contributed by atoms with E-state index in [4.69, 9.17) is 11.6 Å². The van der Waals surface area contributed by atoms with E-state index in [1.54, 1.807) is 11.3 Å². The fraction of sp³-hybridized carbons (Fsp3) is 0.188. The summed E-state index contributed by atoms with van der Waals surface area (Å²) in [6.07, 6.45) is 1.85. The number of rotatable bonds is 4. The van der Waals surface area contributed by atoms with Gasteiger partial charge in [0.25, 0.3) is 0 Å². The summed E-state index contributed by atoms with van der Waals surface area (Å²) < 4.78 is 1.25. The summed E-state index contributed by atoms with van der Waals surface area (Å²) in [5, 5.41) is 1.23. The third-order valence-corrected chi connectivity index (χ3v) is 4.68. The molecule has 0 fully saturated rings. The lowest BCUT2D eigenvalue weighted by atomic mass is 10.1. The first kappa shape index (κ1) is 12.6. The monoisotopic (exact) mass is 287 g/mol. The molecule has 3 rings (SSSR count). The Labute approximate surface area is 121 Å². The number of nitrogens with zero attached hydrogens (tertiary/aromatic N) is 1. The zero-order chi connectivity index (χ0) is 13.1. The Bertz CT molecular complexity index is 630. The second-order valence-electron chi connectivity index (χ2n) is 4.49. The summed E-state index contributed by atoms with van der Waals surface area (Å²) in [6, 6.07) is 18.5. The van der Waals surface area contributed by atoms with Crippen LogP contribution in [0.4, 0.5) is 0 Å². The molecule has 1 atom stereocenters. The van der Waals surface area contributed by atoms with E-state index in [9.17, 15) is 0 Å². The number of thiazole rings is 1. The predicted molar refractivity (Wildman–Crippen MR) is 83.0 cm³/mol. The van der Waals surface area contributed by atoms with Crippen LogP contribution in [-0.2, 0) is 6.42 Å². The van der Waals surface area contributed by atoms with Crippen molar-refractivity contribution in [2.75, 3.05) is 0 Å². The first-order valence-electron chi connectivity index (χ1n) is 6.36. The van der Waals surface area contributed by atoms with E-state index in [2.05, 4.69) is 35.3 Å². The maximum atomic E-state index is 6.43. The summed E-state index contributed by atoms with van der Waals surface area (Å²) in [6.45, 7) is 0. The quantitative estimate of drug-likeness (QED) is 0.600. The lowest BCUT2D eigenvalue weighted by Gasteiger charge is -2.07. The van der Waals surface area contributed by atoms with Crippen LogP contribution >= 0.6 is 22.9 Å². The molecule has 0 saturated carbocycles. The van der Waals surface area contributed by atoms with Gasteiger partial charge in [-0.1, -0.05) is 42.5 Å². The van der Waals surface area contributed by atoms with Crippen LogP contribution in [0.15, 0.2) is 54.6 Å². The minimum absolute atomic E-state index is 0.0632. The topological polar surface area (TPSA) is 12.9 Å². The van der Waals surface area contributed by atoms with Crippen molar-refractivity contribution in [2.24, 2.45) is 0 Å². The fourth-order valence-corrected chi connectivity index (χ4v) is 3.34. The van der Waals surface area contributed by atoms with Crippen LogP contribution in [0.2, 0.25) is 0 Å². The third-order valence-electron chi connectivity index (χ3n) is 3.11. The number of aromatic nitrogens is 1. The van der Waals surface area contributed by atoms with Gasteiger partial charge in [0.05, 0.1) is 20.6 Å². The molecule has 0 amide bonds. The van der Waals surface area contributed by atoms with E-state index >= 15 is 0 Å². The predicted octanol–water partition coefficient (Wildman–Crippen LogP) is 5.21. The molecule has 1 unspecified atom stereocenters. The van der Waals surface area contributed by atoms with E-state index in [-0.39, 0.29) is 5.38 Å². The number of benzene rings is 2. The number of halogens is 1. The minimum Gasteiger partial charge on any atom is -0.241 e. The van der Waals surface area contributed by atoms with Crippen molar-refractivity contribution < 1.29 is 0 Å². The lowest BCUT2D eigenvalue weighted by Crippen LogP contribution is -1.93. The molecule has 0 N–H and O–H groups in total. The maximum absolute atomic E-state index is 6.43. The van der Waals surface area contributed by atoms with Gasteiger partial charge in [0.2, 0.25) is 0 Å². The van der Waals surface area contributed by atoms with Crippen molar-refractivity contribution in [1.29, 1.82) is 0 Å². The van der Waals surface area contributed by atoms with Crippen LogP contribution in [0.1, 0.15) is 22.4 Å². The normalized spacial score (nSPS) is 12.7. The van der Waals surface area contributed by atoms with Crippen molar-refractivity contribution in [3.8, 4) is 0 Å². The summed E-state index contributed by atoms with van der Waals surface area (Å²) in [5.41, 5.74) is 2.28. The van der Waals surface area contributed by atoms with Gasteiger partial charge in [-0.05, 0) is 24.1 Å². The Kier molecular flexibility index (Phi) is 3.81. The molecular weight excluding hydrogens is 274 g/mol. The highest BCUT2D eigenvalue weighted by Gasteiger charge is 2.09. The molecule has 3 aromatic rings. The van der Waals surface area contributed by atoms with Gasteiger partial charge in [0, 0.05) is 6.42 Å². The Morgan fingerprint density at radius 3 is 2.53 bits per heavy atom. The van der Waals surface area contributed by atoms with Crippen LogP contribution in [0.3, 0.4) is 0 Å². The number of fused-ring (bicyclic) bond motifs is 1. The van der Waals surface area contributed by atoms with Gasteiger partial charge in [0.1, 0.15) is 0 Å². The number of hydrogen-bond donors (Lipinski definition) is 0. The Hall–Kier alpha value is -1.38. The minimum atomic E-state index is 0.0632. The standard InChI is InChI=1S/C16H14ClNS/c17-13(12-6-2-1-3-7-12)10-11-16-18-14-8-4-5-9-15(14)19-16/h1-9,13H,10-11H2. The number of para-hydroxylation sites is 1. The van der Waals surface area contributed by atoms with Gasteiger partial charge in [0.15, 0.2) is 0 Å². The van der Waals surface area contributed by atoms with Crippen LogP contribution in [0.25, 0.3) is 10.2 Å². The van der Waals surface area contributed by atoms with Gasteiger partial charge in [-0.25, -0.2) is 4.98 Å². The van der Waals surface area contributed by atoms with E-state index < -0.39 is 0 Å². The molecule has 0 spiro atoms. The van der Waals surface area contributed by atoms with Crippen molar-refractivity contribution in [3.63, 3.8) is 0 Å². The van der Waals surface area contributed by atoms with Crippen molar-refractivity contribution in [1.82, 2.24) is 4.98 Å². The molecule has 3 heteroatoms. The Morgan fingerprint density at radius 2 is 1.74 bits per heavy atom. The molecule has 0 aliphatic heterocycles. The van der Waals surface area contributed by atoms with Gasteiger partial charge in [-0.3, -0.25) is 0 Å². The second kappa shape index (κ2) is 5.72. The molecule has 0 aliphatic rings. The maximum Gasteiger partial charge on any atom is 0.0939 e. The highest BCUT2D eigenvalue weighted by atomic mass is 35.5. The van der Waals surface area contributed by atoms with Gasteiger partial charge < -0.3 is 0 Å². The van der Waals surface area contributed by atoms with Crippen molar-refractivity contribution in [3.05, 3.63) is 65.2 Å². The van der Waals surface area contributed by atoms with Crippen molar-refractivity contribution in [2.45, 2.75) is 18.2 Å². The van der Waals surface area contributed by atoms with Crippen LogP contribution in [-0.4, -0.2) is 4.98 Å². The smallest absolute Gasteiger partial charge is 0.0939 e. The highest BCUT2D eigenvalue weighted by molar-refractivity contribution is 7.18. The van der Waals surface area contributed by atoms with Crippen molar-refractivity contribution >= 4 is 33.2 Å². The summed E-state index contributed by atoms with van der Waals surface area (Å²) in [4.78, 5) is 4.64. The Morgan fingerprint density at radius 1 is 1.00 bits per heavy atom. The molecule has 19 heavy (non-hydrogen) atoms. The number of aryl methyl sites for hydroxylation is 1. The van der Waals surface area contributed by atoms with Gasteiger partial charge >= 0.3 is 0 Å². The molecule has 1 aromatic heterocycles. The number of hydrogen-bond acceptors (Lipinski definition) is 2. The van der Waals surface area contributed by atoms with E-state index in [1.807, 2.05) is 24.3 Å². The average Bonchev–Trinajstić information content (AvgIpc) is 2.88. The molecule has 0 bridgehead atoms. The zero-order valence-corrected chi connectivity index (χ0v) is 12.0. The highest BCUT2D eigenvalue weighted by Crippen LogP contribution is 2.28. The zero-order valence-electron chi connectivity index (χ0n) is 10.4. The van der Waals surface area contributed by atoms with E-state index in [0.717, 1.165) is 18.4 Å². The van der Waals surface area contributed by atoms with Crippen LogP contribution < -0.4 is 0 Å². The molecule has 0 radical (unpaired) electrons. The molecule has 1 heterocycles. The van der Waals surface area contributed by atoms with Crippen LogP contribution in [0, 0.1) is 0 Å². The molecule has 96 valence electrons. The molecule has 0 aliphatic carbocycles. The molecule has 1 nitrogen and oxygen atoms in total. The van der Waals surface area contributed by atoms with Crippen LogP contribution in [0.5, 0.6) is 0 Å². The SMILES string of the molecule is ClC(CCc1nc2ccccc2s1)c1ccccc1. The summed E-state index contributed by atoms with van der Waals surface area (Å²) in [7, 11) is 0. The fourth-order valence-electron chi connectivity index (χ4n) is 2.11. The Balaban J connectivity index is 1.69. The molecular formula is C16H14ClNS. The second-order valence-corrected chi connectivity index (χ2v) is 6.13. The van der Waals surface area contributed by atoms with Gasteiger partial charge in [-0.2, -0.15) is 0 Å². The first-order valence-corrected chi connectivity index (χ1v) is 7.62. The van der Waals surface area contributed by atoms with E-state index in [0.29, 0.717) is 0 Å². The third kappa shape index (κ3) is 2.96.